The van der Waals surface area contributed by atoms with Crippen molar-refractivity contribution in [3.63, 3.8) is 0 Å². The van der Waals surface area contributed by atoms with Gasteiger partial charge in [0, 0.05) is 14.1 Å². The van der Waals surface area contributed by atoms with Crippen LogP contribution in [-0.4, -0.2) is 42.0 Å². The molecule has 0 aromatic heterocycles. The fraction of sp³-hybridized carbons (Fsp3) is 0.667. The van der Waals surface area contributed by atoms with Crippen LogP contribution >= 0.6 is 0 Å². The quantitative estimate of drug-likeness (QED) is 0.547. The van der Waals surface area contributed by atoms with Gasteiger partial charge < -0.3 is 15.7 Å². The van der Waals surface area contributed by atoms with Gasteiger partial charge in [-0.3, -0.25) is 9.59 Å². The van der Waals surface area contributed by atoms with Crippen LogP contribution in [0.3, 0.4) is 0 Å². The molecule has 0 aliphatic heterocycles. The van der Waals surface area contributed by atoms with E-state index < -0.39 is 12.0 Å². The second-order valence-corrected chi connectivity index (χ2v) is 2.44. The molecule has 0 spiro atoms. The molecule has 0 aromatic carbocycles. The van der Waals surface area contributed by atoms with Gasteiger partial charge in [0.15, 0.2) is 0 Å². The first kappa shape index (κ1) is 9.90. The number of likely N-dealkylation sites (N-methyl/N-ethyl adjacent to an activating group) is 1. The average Bonchev–Trinajstić information content (AvgIpc) is 1.84. The third kappa shape index (κ3) is 3.57. The van der Waals surface area contributed by atoms with Gasteiger partial charge in [0.25, 0.3) is 0 Å². The summed E-state index contributed by atoms with van der Waals surface area (Å²) in [5.41, 5.74) is 5.25. The molecule has 1 unspecified atom stereocenters. The maximum Gasteiger partial charge on any atom is 0.305 e. The van der Waals surface area contributed by atoms with Gasteiger partial charge in [-0.1, -0.05) is 0 Å². The van der Waals surface area contributed by atoms with Gasteiger partial charge in [0.05, 0.1) is 12.5 Å². The lowest BCUT2D eigenvalue weighted by atomic mass is 10.2. The molecule has 0 bridgehead atoms. The van der Waals surface area contributed by atoms with Crippen LogP contribution in [0.15, 0.2) is 0 Å². The van der Waals surface area contributed by atoms with Crippen LogP contribution in [0.4, 0.5) is 0 Å². The molecule has 0 saturated carbocycles. The van der Waals surface area contributed by atoms with Crippen molar-refractivity contribution in [2.24, 2.45) is 5.73 Å². The van der Waals surface area contributed by atoms with Crippen LogP contribution in [0.1, 0.15) is 6.42 Å². The molecule has 0 saturated heterocycles. The second kappa shape index (κ2) is 3.92. The number of hydrogen-bond acceptors (Lipinski definition) is 3. The minimum absolute atomic E-state index is 0.322. The fourth-order valence-corrected chi connectivity index (χ4v) is 0.607. The van der Waals surface area contributed by atoms with E-state index in [4.69, 9.17) is 10.8 Å². The number of nitrogens with zero attached hydrogens (tertiary/aromatic N) is 1. The summed E-state index contributed by atoms with van der Waals surface area (Å²) in [6, 6.07) is -0.928. The summed E-state index contributed by atoms with van der Waals surface area (Å²) in [5, 5.41) is 8.26. The van der Waals surface area contributed by atoms with Crippen molar-refractivity contribution in [2.45, 2.75) is 12.5 Å². The molecule has 1 amide bonds. The number of hydrogen-bond donors (Lipinski definition) is 2. The van der Waals surface area contributed by atoms with Crippen molar-refractivity contribution in [1.82, 2.24) is 4.90 Å². The standard InChI is InChI=1S/C6H12N2O3/c1-8(2)6(11)4(7)3-5(9)10/h4H,3,7H2,1-2H3,(H,9,10). The molecule has 64 valence electrons. The Morgan fingerprint density at radius 1 is 1.55 bits per heavy atom. The van der Waals surface area contributed by atoms with Crippen LogP contribution in [0.25, 0.3) is 0 Å². The van der Waals surface area contributed by atoms with E-state index in [1.54, 1.807) is 0 Å². The topological polar surface area (TPSA) is 83.6 Å². The van der Waals surface area contributed by atoms with E-state index in [0.29, 0.717) is 0 Å². The molecule has 11 heavy (non-hydrogen) atoms. The molecule has 0 aliphatic rings. The van der Waals surface area contributed by atoms with E-state index in [9.17, 15) is 9.59 Å². The van der Waals surface area contributed by atoms with Crippen molar-refractivity contribution in [3.05, 3.63) is 0 Å². The Morgan fingerprint density at radius 2 is 2.00 bits per heavy atom. The number of carboxylic acids is 1. The zero-order chi connectivity index (χ0) is 9.02. The third-order valence-corrected chi connectivity index (χ3v) is 1.15. The Bertz CT molecular complexity index is 167. The Balaban J connectivity index is 3.93. The number of rotatable bonds is 3. The predicted octanol–water partition coefficient (Wildman–Crippen LogP) is -1.12. The van der Waals surface area contributed by atoms with E-state index in [0.717, 1.165) is 0 Å². The molecule has 5 nitrogen and oxygen atoms in total. The highest BCUT2D eigenvalue weighted by Gasteiger charge is 2.17. The molecule has 5 heteroatoms. The molecule has 0 heterocycles. The number of amides is 1. The van der Waals surface area contributed by atoms with Crippen LogP contribution in [0, 0.1) is 0 Å². The minimum atomic E-state index is -1.06. The molecule has 0 radical (unpaired) electrons. The van der Waals surface area contributed by atoms with E-state index in [1.165, 1.54) is 19.0 Å². The van der Waals surface area contributed by atoms with E-state index in [-0.39, 0.29) is 12.3 Å². The maximum absolute atomic E-state index is 10.9. The molecule has 0 aromatic rings. The number of aliphatic carboxylic acids is 1. The Morgan fingerprint density at radius 3 is 2.27 bits per heavy atom. The molecule has 1 atom stereocenters. The Hall–Kier alpha value is -1.10. The highest BCUT2D eigenvalue weighted by molar-refractivity contribution is 5.85. The molecular weight excluding hydrogens is 148 g/mol. The smallest absolute Gasteiger partial charge is 0.305 e. The van der Waals surface area contributed by atoms with Gasteiger partial charge >= 0.3 is 5.97 Å². The minimum Gasteiger partial charge on any atom is -0.481 e. The van der Waals surface area contributed by atoms with Gasteiger partial charge in [-0.2, -0.15) is 0 Å². The summed E-state index contributed by atoms with van der Waals surface area (Å²) < 4.78 is 0. The summed E-state index contributed by atoms with van der Waals surface area (Å²) in [7, 11) is 3.06. The lowest BCUT2D eigenvalue weighted by Gasteiger charge is -2.14. The second-order valence-electron chi connectivity index (χ2n) is 2.44. The molecular formula is C6H12N2O3. The number of carbonyl (C=O) groups excluding carboxylic acids is 1. The summed E-state index contributed by atoms with van der Waals surface area (Å²) in [6.45, 7) is 0. The largest absolute Gasteiger partial charge is 0.481 e. The lowest BCUT2D eigenvalue weighted by Crippen LogP contribution is -2.41. The van der Waals surface area contributed by atoms with E-state index in [1.807, 2.05) is 0 Å². The summed E-state index contributed by atoms with van der Waals surface area (Å²) >= 11 is 0. The monoisotopic (exact) mass is 160 g/mol. The van der Waals surface area contributed by atoms with Crippen molar-refractivity contribution < 1.29 is 14.7 Å². The van der Waals surface area contributed by atoms with Gasteiger partial charge in [-0.15, -0.1) is 0 Å². The average molecular weight is 160 g/mol. The fourth-order valence-electron chi connectivity index (χ4n) is 0.607. The third-order valence-electron chi connectivity index (χ3n) is 1.15. The van der Waals surface area contributed by atoms with E-state index in [2.05, 4.69) is 0 Å². The van der Waals surface area contributed by atoms with Gasteiger partial charge in [0.2, 0.25) is 5.91 Å². The number of carbonyl (C=O) groups is 2. The first-order chi connectivity index (χ1) is 4.95. The summed E-state index contributed by atoms with van der Waals surface area (Å²) in [6.07, 6.45) is -0.322. The highest BCUT2D eigenvalue weighted by Crippen LogP contribution is 1.91. The number of nitrogens with two attached hydrogens (primary N) is 1. The molecule has 0 aliphatic carbocycles. The van der Waals surface area contributed by atoms with Crippen LogP contribution in [0.2, 0.25) is 0 Å². The lowest BCUT2D eigenvalue weighted by molar-refractivity contribution is -0.141. The van der Waals surface area contributed by atoms with Gasteiger partial charge in [0.1, 0.15) is 0 Å². The van der Waals surface area contributed by atoms with Crippen molar-refractivity contribution >= 4 is 11.9 Å². The van der Waals surface area contributed by atoms with Crippen molar-refractivity contribution in [3.8, 4) is 0 Å². The van der Waals surface area contributed by atoms with Gasteiger partial charge in [-0.05, 0) is 0 Å². The highest BCUT2D eigenvalue weighted by atomic mass is 16.4. The first-order valence-corrected chi connectivity index (χ1v) is 3.13. The van der Waals surface area contributed by atoms with Crippen LogP contribution < -0.4 is 5.73 Å². The Kier molecular flexibility index (Phi) is 3.53. The predicted molar refractivity (Wildman–Crippen MR) is 38.9 cm³/mol. The first-order valence-electron chi connectivity index (χ1n) is 3.13. The zero-order valence-corrected chi connectivity index (χ0v) is 6.57. The van der Waals surface area contributed by atoms with Gasteiger partial charge in [-0.25, -0.2) is 0 Å². The molecule has 3 N–H and O–H groups in total. The van der Waals surface area contributed by atoms with Crippen molar-refractivity contribution in [1.29, 1.82) is 0 Å². The van der Waals surface area contributed by atoms with Crippen molar-refractivity contribution in [2.75, 3.05) is 14.1 Å². The molecule has 0 rings (SSSR count). The normalized spacial score (nSPS) is 12.3. The molecule has 0 fully saturated rings. The maximum atomic E-state index is 10.9. The SMILES string of the molecule is CN(C)C(=O)C(N)CC(=O)O. The van der Waals surface area contributed by atoms with Crippen LogP contribution in [0.5, 0.6) is 0 Å². The summed E-state index contributed by atoms with van der Waals surface area (Å²) in [4.78, 5) is 22.3. The Labute approximate surface area is 64.8 Å². The summed E-state index contributed by atoms with van der Waals surface area (Å²) in [5.74, 6) is -1.43. The number of carboxylic acid groups (broad SMARTS) is 1. The van der Waals surface area contributed by atoms with Crippen LogP contribution in [-0.2, 0) is 9.59 Å². The zero-order valence-electron chi connectivity index (χ0n) is 6.57. The van der Waals surface area contributed by atoms with E-state index >= 15 is 0 Å².